The van der Waals surface area contributed by atoms with Gasteiger partial charge in [0.15, 0.2) is 0 Å². The Balaban J connectivity index is 1.78. The van der Waals surface area contributed by atoms with Crippen LogP contribution in [0.3, 0.4) is 0 Å². The molecule has 0 aromatic heterocycles. The molecule has 4 nitrogen and oxygen atoms in total. The first-order chi connectivity index (χ1) is 14.9. The Morgan fingerprint density at radius 1 is 1.03 bits per heavy atom. The van der Waals surface area contributed by atoms with Gasteiger partial charge in [0.05, 0.1) is 0 Å². The van der Waals surface area contributed by atoms with E-state index in [0.29, 0.717) is 28.6 Å². The van der Waals surface area contributed by atoms with E-state index in [1.54, 1.807) is 12.1 Å². The van der Waals surface area contributed by atoms with Crippen LogP contribution in [0.4, 0.5) is 5.69 Å². The van der Waals surface area contributed by atoms with Gasteiger partial charge in [0.1, 0.15) is 24.0 Å². The molecule has 31 heavy (non-hydrogen) atoms. The quantitative estimate of drug-likeness (QED) is 0.364. The first-order valence-corrected chi connectivity index (χ1v) is 10.2. The van der Waals surface area contributed by atoms with Crippen LogP contribution >= 0.6 is 11.6 Å². The van der Waals surface area contributed by atoms with E-state index in [-0.39, 0.29) is 5.57 Å². The Hall–Kier alpha value is -3.55. The fourth-order valence-electron chi connectivity index (χ4n) is 2.96. The minimum absolute atomic E-state index is 0.0288. The molecule has 0 saturated carbocycles. The van der Waals surface area contributed by atoms with Crippen LogP contribution in [0.5, 0.6) is 5.75 Å². The lowest BCUT2D eigenvalue weighted by atomic mass is 10.1. The summed E-state index contributed by atoms with van der Waals surface area (Å²) in [6.07, 6.45) is 1.53. The van der Waals surface area contributed by atoms with E-state index in [0.717, 1.165) is 11.1 Å². The third kappa shape index (κ3) is 5.75. The molecule has 0 heterocycles. The lowest BCUT2D eigenvalue weighted by molar-refractivity contribution is -0.112. The predicted octanol–water partition coefficient (Wildman–Crippen LogP) is 6.39. The number of aryl methyl sites for hydroxylation is 3. The molecule has 3 rings (SSSR count). The number of benzene rings is 3. The second-order valence-electron chi connectivity index (χ2n) is 7.33. The van der Waals surface area contributed by atoms with E-state index < -0.39 is 5.91 Å². The third-order valence-electron chi connectivity index (χ3n) is 4.98. The SMILES string of the molecule is Cc1ccc(COc2ccccc2/C=C(\C#N)C(=O)Nc2ccc(C)c(Cl)c2)cc1C. The molecule has 0 unspecified atom stereocenters. The van der Waals surface area contributed by atoms with Gasteiger partial charge >= 0.3 is 0 Å². The Labute approximate surface area is 187 Å². The van der Waals surface area contributed by atoms with Gasteiger partial charge in [0.25, 0.3) is 5.91 Å². The second kappa shape index (κ2) is 9.97. The molecule has 5 heteroatoms. The van der Waals surface area contributed by atoms with Crippen LogP contribution in [0, 0.1) is 32.1 Å². The normalized spacial score (nSPS) is 11.0. The fourth-order valence-corrected chi connectivity index (χ4v) is 3.14. The molecule has 0 aliphatic rings. The van der Waals surface area contributed by atoms with Crippen molar-refractivity contribution in [2.75, 3.05) is 5.32 Å². The van der Waals surface area contributed by atoms with Crippen LogP contribution in [0.2, 0.25) is 5.02 Å². The molecule has 0 aliphatic carbocycles. The topological polar surface area (TPSA) is 62.1 Å². The molecule has 156 valence electrons. The first-order valence-electron chi connectivity index (χ1n) is 9.84. The smallest absolute Gasteiger partial charge is 0.266 e. The van der Waals surface area contributed by atoms with Crippen molar-refractivity contribution in [3.63, 3.8) is 0 Å². The summed E-state index contributed by atoms with van der Waals surface area (Å²) in [5, 5.41) is 12.8. The number of nitrogens with one attached hydrogen (secondary N) is 1. The molecular weight excluding hydrogens is 408 g/mol. The largest absolute Gasteiger partial charge is 0.488 e. The van der Waals surface area contributed by atoms with Crippen LogP contribution in [-0.4, -0.2) is 5.91 Å². The Morgan fingerprint density at radius 2 is 1.77 bits per heavy atom. The van der Waals surface area contributed by atoms with Crippen molar-refractivity contribution >= 4 is 29.3 Å². The summed E-state index contributed by atoms with van der Waals surface area (Å²) in [6.45, 7) is 6.40. The zero-order valence-corrected chi connectivity index (χ0v) is 18.5. The van der Waals surface area contributed by atoms with Crippen molar-refractivity contribution in [3.05, 3.63) is 99.1 Å². The zero-order valence-electron chi connectivity index (χ0n) is 17.7. The monoisotopic (exact) mass is 430 g/mol. The molecule has 0 radical (unpaired) electrons. The highest BCUT2D eigenvalue weighted by Crippen LogP contribution is 2.24. The number of nitriles is 1. The number of anilines is 1. The van der Waals surface area contributed by atoms with Gasteiger partial charge in [-0.05, 0) is 67.3 Å². The molecule has 1 N–H and O–H groups in total. The van der Waals surface area contributed by atoms with Crippen molar-refractivity contribution in [1.29, 1.82) is 5.26 Å². The number of ether oxygens (including phenoxy) is 1. The summed E-state index contributed by atoms with van der Waals surface area (Å²) >= 11 is 6.12. The maximum Gasteiger partial charge on any atom is 0.266 e. The van der Waals surface area contributed by atoms with Crippen molar-refractivity contribution in [3.8, 4) is 11.8 Å². The van der Waals surface area contributed by atoms with E-state index >= 15 is 0 Å². The molecule has 0 aliphatic heterocycles. The number of amides is 1. The number of nitrogens with zero attached hydrogens (tertiary/aromatic N) is 1. The van der Waals surface area contributed by atoms with E-state index in [4.69, 9.17) is 16.3 Å². The zero-order chi connectivity index (χ0) is 22.4. The minimum Gasteiger partial charge on any atom is -0.488 e. The molecule has 3 aromatic rings. The van der Waals surface area contributed by atoms with Crippen LogP contribution in [0.15, 0.2) is 66.2 Å². The molecule has 3 aromatic carbocycles. The maximum atomic E-state index is 12.6. The van der Waals surface area contributed by atoms with Crippen LogP contribution in [0.25, 0.3) is 6.08 Å². The number of carbonyl (C=O) groups is 1. The van der Waals surface area contributed by atoms with Crippen molar-refractivity contribution < 1.29 is 9.53 Å². The Bertz CT molecular complexity index is 1190. The number of carbonyl (C=O) groups excluding carboxylic acids is 1. The second-order valence-corrected chi connectivity index (χ2v) is 7.74. The molecule has 0 atom stereocenters. The van der Waals surface area contributed by atoms with Gasteiger partial charge in [-0.1, -0.05) is 54.1 Å². The van der Waals surface area contributed by atoms with Gasteiger partial charge in [-0.3, -0.25) is 4.79 Å². The average Bonchev–Trinajstić information content (AvgIpc) is 2.76. The molecule has 0 fully saturated rings. The standard InChI is InChI=1S/C26H23ClN2O2/c1-17-8-10-20(12-19(17)3)16-31-25-7-5-4-6-21(25)13-22(15-28)26(30)29-23-11-9-18(2)24(27)14-23/h4-14H,16H2,1-3H3,(H,29,30)/b22-13+. The van der Waals surface area contributed by atoms with E-state index in [1.165, 1.54) is 17.2 Å². The summed E-state index contributed by atoms with van der Waals surface area (Å²) in [4.78, 5) is 12.6. The van der Waals surface area contributed by atoms with E-state index in [2.05, 4.69) is 31.3 Å². The van der Waals surface area contributed by atoms with Crippen molar-refractivity contribution in [2.45, 2.75) is 27.4 Å². The van der Waals surface area contributed by atoms with Gasteiger partial charge in [0.2, 0.25) is 0 Å². The summed E-state index contributed by atoms with van der Waals surface area (Å²) < 4.78 is 5.99. The van der Waals surface area contributed by atoms with Gasteiger partial charge in [-0.15, -0.1) is 0 Å². The Kier molecular flexibility index (Phi) is 7.12. The van der Waals surface area contributed by atoms with Crippen LogP contribution < -0.4 is 10.1 Å². The fraction of sp³-hybridized carbons (Fsp3) is 0.154. The highest BCUT2D eigenvalue weighted by Gasteiger charge is 2.12. The highest BCUT2D eigenvalue weighted by molar-refractivity contribution is 6.31. The summed E-state index contributed by atoms with van der Waals surface area (Å²) in [7, 11) is 0. The lowest BCUT2D eigenvalue weighted by Crippen LogP contribution is -2.13. The summed E-state index contributed by atoms with van der Waals surface area (Å²) in [5.74, 6) is 0.0889. The van der Waals surface area contributed by atoms with E-state index in [9.17, 15) is 10.1 Å². The maximum absolute atomic E-state index is 12.6. The van der Waals surface area contributed by atoms with Crippen molar-refractivity contribution in [2.24, 2.45) is 0 Å². The molecule has 1 amide bonds. The molecule has 0 saturated heterocycles. The average molecular weight is 431 g/mol. The number of para-hydroxylation sites is 1. The van der Waals surface area contributed by atoms with Gasteiger partial charge in [-0.2, -0.15) is 5.26 Å². The molecule has 0 spiro atoms. The van der Waals surface area contributed by atoms with Gasteiger partial charge in [-0.25, -0.2) is 0 Å². The molecular formula is C26H23ClN2O2. The summed E-state index contributed by atoms with van der Waals surface area (Å²) in [5.41, 5.74) is 5.54. The van der Waals surface area contributed by atoms with Gasteiger partial charge < -0.3 is 10.1 Å². The molecule has 0 bridgehead atoms. The van der Waals surface area contributed by atoms with Crippen molar-refractivity contribution in [1.82, 2.24) is 0 Å². The van der Waals surface area contributed by atoms with Crippen LogP contribution in [-0.2, 0) is 11.4 Å². The van der Waals surface area contributed by atoms with Gasteiger partial charge in [0, 0.05) is 16.3 Å². The predicted molar refractivity (Wildman–Crippen MR) is 125 cm³/mol. The Morgan fingerprint density at radius 3 is 2.48 bits per heavy atom. The number of halogens is 1. The van der Waals surface area contributed by atoms with Crippen LogP contribution in [0.1, 0.15) is 27.8 Å². The van der Waals surface area contributed by atoms with E-state index in [1.807, 2.05) is 49.4 Å². The number of rotatable bonds is 6. The lowest BCUT2D eigenvalue weighted by Gasteiger charge is -2.11. The first kappa shape index (κ1) is 22.1. The minimum atomic E-state index is -0.508. The number of hydrogen-bond donors (Lipinski definition) is 1. The summed E-state index contributed by atoms with van der Waals surface area (Å²) in [6, 6.07) is 20.7. The third-order valence-corrected chi connectivity index (χ3v) is 5.39. The highest BCUT2D eigenvalue weighted by atomic mass is 35.5. The number of hydrogen-bond acceptors (Lipinski definition) is 3.